The summed E-state index contributed by atoms with van der Waals surface area (Å²) in [6, 6.07) is 10.0. The molecule has 0 bridgehead atoms. The van der Waals surface area contributed by atoms with Crippen LogP contribution in [0.3, 0.4) is 0 Å². The van der Waals surface area contributed by atoms with E-state index < -0.39 is 11.8 Å². The lowest BCUT2D eigenvalue weighted by atomic mass is 10.1. The Kier molecular flexibility index (Phi) is 5.06. The first kappa shape index (κ1) is 16.3. The first-order valence-corrected chi connectivity index (χ1v) is 7.27. The zero-order chi connectivity index (χ0) is 16.3. The predicted molar refractivity (Wildman–Crippen MR) is 89.6 cm³/mol. The molecule has 2 rings (SSSR count). The number of aryl methyl sites for hydroxylation is 1. The average molecular weight is 337 g/mol. The molecule has 0 fully saturated rings. The van der Waals surface area contributed by atoms with Crippen LogP contribution in [0.2, 0.25) is 10.0 Å². The van der Waals surface area contributed by atoms with Gasteiger partial charge >= 0.3 is 11.8 Å². The number of carbonyl (C=O) groups excluding carboxylic acids is 2. The van der Waals surface area contributed by atoms with E-state index in [2.05, 4.69) is 10.6 Å². The molecule has 0 unspecified atom stereocenters. The summed E-state index contributed by atoms with van der Waals surface area (Å²) in [5.74, 6) is -1.55. The maximum Gasteiger partial charge on any atom is 0.314 e. The number of carbonyl (C=O) groups is 2. The second-order valence-electron chi connectivity index (χ2n) is 4.81. The Morgan fingerprint density at radius 2 is 1.50 bits per heavy atom. The van der Waals surface area contributed by atoms with Crippen LogP contribution < -0.4 is 10.6 Å². The van der Waals surface area contributed by atoms with E-state index >= 15 is 0 Å². The van der Waals surface area contributed by atoms with E-state index in [0.29, 0.717) is 21.4 Å². The Hall–Kier alpha value is -2.04. The summed E-state index contributed by atoms with van der Waals surface area (Å²) in [6.07, 6.45) is 0. The summed E-state index contributed by atoms with van der Waals surface area (Å²) in [6.45, 7) is 3.80. The highest BCUT2D eigenvalue weighted by atomic mass is 35.5. The fourth-order valence-electron chi connectivity index (χ4n) is 1.88. The molecule has 2 amide bonds. The van der Waals surface area contributed by atoms with Gasteiger partial charge in [-0.05, 0) is 49.2 Å². The maximum atomic E-state index is 12.0. The van der Waals surface area contributed by atoms with Crippen molar-refractivity contribution in [1.29, 1.82) is 0 Å². The van der Waals surface area contributed by atoms with E-state index in [9.17, 15) is 9.59 Å². The van der Waals surface area contributed by atoms with Gasteiger partial charge in [0.1, 0.15) is 0 Å². The Bertz CT molecular complexity index is 725. The van der Waals surface area contributed by atoms with Crippen LogP contribution in [0.25, 0.3) is 0 Å². The molecule has 0 heterocycles. The Balaban J connectivity index is 2.09. The summed E-state index contributed by atoms with van der Waals surface area (Å²) in [4.78, 5) is 23.9. The van der Waals surface area contributed by atoms with Gasteiger partial charge in [-0.3, -0.25) is 9.59 Å². The first-order valence-electron chi connectivity index (χ1n) is 6.51. The van der Waals surface area contributed by atoms with Gasteiger partial charge in [-0.15, -0.1) is 0 Å². The van der Waals surface area contributed by atoms with Gasteiger partial charge in [0, 0.05) is 21.4 Å². The largest absolute Gasteiger partial charge is 0.318 e. The molecule has 0 aromatic heterocycles. The van der Waals surface area contributed by atoms with Gasteiger partial charge in [0.15, 0.2) is 0 Å². The monoisotopic (exact) mass is 336 g/mol. The van der Waals surface area contributed by atoms with Gasteiger partial charge in [-0.1, -0.05) is 35.3 Å². The number of rotatable bonds is 2. The van der Waals surface area contributed by atoms with Crippen molar-refractivity contribution in [3.05, 3.63) is 57.6 Å². The number of anilines is 2. The van der Waals surface area contributed by atoms with Crippen molar-refractivity contribution in [3.8, 4) is 0 Å². The molecule has 114 valence electrons. The predicted octanol–water partition coefficient (Wildman–Crippen LogP) is 4.19. The van der Waals surface area contributed by atoms with Crippen molar-refractivity contribution in [2.24, 2.45) is 0 Å². The minimum atomic E-state index is -0.792. The minimum absolute atomic E-state index is 0.360. The second kappa shape index (κ2) is 6.81. The van der Waals surface area contributed by atoms with Crippen molar-refractivity contribution < 1.29 is 9.59 Å². The summed E-state index contributed by atoms with van der Waals surface area (Å²) in [5, 5.41) is 5.79. The third kappa shape index (κ3) is 4.00. The van der Waals surface area contributed by atoms with Crippen LogP contribution in [0.15, 0.2) is 36.4 Å². The van der Waals surface area contributed by atoms with Crippen LogP contribution >= 0.6 is 23.2 Å². The van der Waals surface area contributed by atoms with Gasteiger partial charge in [-0.2, -0.15) is 0 Å². The number of amides is 2. The lowest BCUT2D eigenvalue weighted by molar-refractivity contribution is -0.133. The van der Waals surface area contributed by atoms with Crippen molar-refractivity contribution in [1.82, 2.24) is 0 Å². The molecule has 0 saturated carbocycles. The molecule has 0 atom stereocenters. The van der Waals surface area contributed by atoms with Crippen molar-refractivity contribution >= 4 is 46.4 Å². The zero-order valence-electron chi connectivity index (χ0n) is 12.0. The molecule has 22 heavy (non-hydrogen) atoms. The smallest absolute Gasteiger partial charge is 0.314 e. The van der Waals surface area contributed by atoms with Crippen LogP contribution in [-0.2, 0) is 9.59 Å². The van der Waals surface area contributed by atoms with E-state index in [1.165, 1.54) is 18.2 Å². The van der Waals surface area contributed by atoms with E-state index in [-0.39, 0.29) is 0 Å². The molecule has 0 spiro atoms. The van der Waals surface area contributed by atoms with Crippen molar-refractivity contribution in [2.45, 2.75) is 13.8 Å². The molecule has 0 aliphatic rings. The Morgan fingerprint density at radius 3 is 2.14 bits per heavy atom. The summed E-state index contributed by atoms with van der Waals surface area (Å²) >= 11 is 11.7. The maximum absolute atomic E-state index is 12.0. The highest BCUT2D eigenvalue weighted by molar-refractivity contribution is 6.44. The third-order valence-corrected chi connectivity index (χ3v) is 3.62. The van der Waals surface area contributed by atoms with Crippen LogP contribution in [0.4, 0.5) is 11.4 Å². The van der Waals surface area contributed by atoms with E-state index in [1.54, 1.807) is 6.07 Å². The molecule has 0 saturated heterocycles. The molecule has 4 nitrogen and oxygen atoms in total. The highest BCUT2D eigenvalue weighted by Crippen LogP contribution is 2.22. The molecular weight excluding hydrogens is 323 g/mol. The van der Waals surface area contributed by atoms with Gasteiger partial charge in [0.25, 0.3) is 0 Å². The SMILES string of the molecule is Cc1cccc(NC(=O)C(=O)Nc2cc(Cl)cc(Cl)c2)c1C. The molecule has 0 radical (unpaired) electrons. The molecule has 0 aliphatic carbocycles. The van der Waals surface area contributed by atoms with E-state index in [0.717, 1.165) is 11.1 Å². The fourth-order valence-corrected chi connectivity index (χ4v) is 2.41. The highest BCUT2D eigenvalue weighted by Gasteiger charge is 2.15. The van der Waals surface area contributed by atoms with Crippen molar-refractivity contribution in [3.63, 3.8) is 0 Å². The standard InChI is InChI=1S/C16H14Cl2N2O2/c1-9-4-3-5-14(10(9)2)20-16(22)15(21)19-13-7-11(17)6-12(18)8-13/h3-8H,1-2H3,(H,19,21)(H,20,22). The van der Waals surface area contributed by atoms with E-state index in [4.69, 9.17) is 23.2 Å². The molecule has 2 aromatic carbocycles. The lowest BCUT2D eigenvalue weighted by Crippen LogP contribution is -2.29. The Morgan fingerprint density at radius 1 is 0.909 bits per heavy atom. The van der Waals surface area contributed by atoms with Crippen LogP contribution in [0.5, 0.6) is 0 Å². The van der Waals surface area contributed by atoms with Crippen LogP contribution in [0.1, 0.15) is 11.1 Å². The van der Waals surface area contributed by atoms with Crippen molar-refractivity contribution in [2.75, 3.05) is 10.6 Å². The van der Waals surface area contributed by atoms with Gasteiger partial charge in [0.05, 0.1) is 0 Å². The van der Waals surface area contributed by atoms with Crippen LogP contribution in [0, 0.1) is 13.8 Å². The molecule has 2 aromatic rings. The van der Waals surface area contributed by atoms with Crippen LogP contribution in [-0.4, -0.2) is 11.8 Å². The summed E-state index contributed by atoms with van der Waals surface area (Å²) in [7, 11) is 0. The molecule has 6 heteroatoms. The molecule has 0 aliphatic heterocycles. The quantitative estimate of drug-likeness (QED) is 0.808. The number of hydrogen-bond donors (Lipinski definition) is 2. The zero-order valence-corrected chi connectivity index (χ0v) is 13.5. The molecule has 2 N–H and O–H groups in total. The molecular formula is C16H14Cl2N2O2. The summed E-state index contributed by atoms with van der Waals surface area (Å²) < 4.78 is 0. The fraction of sp³-hybridized carbons (Fsp3) is 0.125. The second-order valence-corrected chi connectivity index (χ2v) is 5.69. The summed E-state index contributed by atoms with van der Waals surface area (Å²) in [5.41, 5.74) is 2.90. The number of halogens is 2. The topological polar surface area (TPSA) is 58.2 Å². The third-order valence-electron chi connectivity index (χ3n) is 3.18. The average Bonchev–Trinajstić information content (AvgIpc) is 2.42. The van der Waals surface area contributed by atoms with E-state index in [1.807, 2.05) is 26.0 Å². The van der Waals surface area contributed by atoms with Gasteiger partial charge < -0.3 is 10.6 Å². The number of nitrogens with one attached hydrogen (secondary N) is 2. The lowest BCUT2D eigenvalue weighted by Gasteiger charge is -2.10. The van der Waals surface area contributed by atoms with Gasteiger partial charge in [-0.25, -0.2) is 0 Å². The number of benzene rings is 2. The minimum Gasteiger partial charge on any atom is -0.318 e. The van der Waals surface area contributed by atoms with Gasteiger partial charge in [0.2, 0.25) is 0 Å². The Labute approximate surface area is 138 Å². The first-order chi connectivity index (χ1) is 10.4. The normalized spacial score (nSPS) is 10.2. The number of hydrogen-bond acceptors (Lipinski definition) is 2.